The number of carbonyl (C=O) groups is 1. The number of nitrogens with zero attached hydrogens (tertiary/aromatic N) is 5. The number of anilines is 1. The maximum absolute atomic E-state index is 12.9. The van der Waals surface area contributed by atoms with E-state index in [-0.39, 0.29) is 5.91 Å². The lowest BCUT2D eigenvalue weighted by Gasteiger charge is -2.21. The van der Waals surface area contributed by atoms with E-state index < -0.39 is 0 Å². The van der Waals surface area contributed by atoms with Crippen LogP contribution in [0.2, 0.25) is 0 Å². The molecule has 0 radical (unpaired) electrons. The molecule has 2 atom stereocenters. The average molecular weight is 339 g/mol. The van der Waals surface area contributed by atoms with Gasteiger partial charge in [-0.25, -0.2) is 9.97 Å². The van der Waals surface area contributed by atoms with Crippen molar-refractivity contribution in [3.63, 3.8) is 0 Å². The minimum Gasteiger partial charge on any atom is -0.350 e. The molecule has 4 heterocycles. The summed E-state index contributed by atoms with van der Waals surface area (Å²) in [5.41, 5.74) is 2.04. The summed E-state index contributed by atoms with van der Waals surface area (Å²) in [6.07, 6.45) is 7.66. The minimum absolute atomic E-state index is 0.0209. The zero-order chi connectivity index (χ0) is 16.8. The van der Waals surface area contributed by atoms with Crippen molar-refractivity contribution < 1.29 is 9.32 Å². The first-order valence-corrected chi connectivity index (χ1v) is 9.08. The SMILES string of the molecule is O=C(c1onc2c1CCCC2)N1CC2CN(c3ncccn3)CC2C1. The molecule has 0 spiro atoms. The number of rotatable bonds is 2. The predicted octanol–water partition coefficient (Wildman–Crippen LogP) is 1.55. The van der Waals surface area contributed by atoms with Crippen LogP contribution in [0, 0.1) is 11.8 Å². The van der Waals surface area contributed by atoms with E-state index in [1.165, 1.54) is 0 Å². The number of carbonyl (C=O) groups excluding carboxylic acids is 1. The van der Waals surface area contributed by atoms with Gasteiger partial charge in [-0.2, -0.15) is 0 Å². The Kier molecular flexibility index (Phi) is 3.46. The number of likely N-dealkylation sites (tertiary alicyclic amines) is 1. The Balaban J connectivity index is 1.28. The molecule has 0 N–H and O–H groups in total. The summed E-state index contributed by atoms with van der Waals surface area (Å²) in [5.74, 6) is 2.25. The Morgan fingerprint density at radius 2 is 1.76 bits per heavy atom. The Morgan fingerprint density at radius 3 is 2.52 bits per heavy atom. The van der Waals surface area contributed by atoms with Crippen molar-refractivity contribution >= 4 is 11.9 Å². The van der Waals surface area contributed by atoms with Gasteiger partial charge in [0.15, 0.2) is 0 Å². The van der Waals surface area contributed by atoms with E-state index in [4.69, 9.17) is 4.52 Å². The summed E-state index contributed by atoms with van der Waals surface area (Å²) in [4.78, 5) is 25.8. The largest absolute Gasteiger partial charge is 0.350 e. The highest BCUT2D eigenvalue weighted by Gasteiger charge is 2.43. The molecule has 2 aliphatic heterocycles. The highest BCUT2D eigenvalue weighted by Crippen LogP contribution is 2.34. The van der Waals surface area contributed by atoms with Crippen molar-refractivity contribution in [1.82, 2.24) is 20.0 Å². The van der Waals surface area contributed by atoms with Gasteiger partial charge in [-0.3, -0.25) is 4.79 Å². The zero-order valence-electron chi connectivity index (χ0n) is 14.1. The van der Waals surface area contributed by atoms with Crippen molar-refractivity contribution in [2.75, 3.05) is 31.1 Å². The van der Waals surface area contributed by atoms with Crippen LogP contribution >= 0.6 is 0 Å². The van der Waals surface area contributed by atoms with Crippen molar-refractivity contribution in [3.8, 4) is 0 Å². The van der Waals surface area contributed by atoms with Gasteiger partial charge in [0.05, 0.1) is 5.69 Å². The lowest BCUT2D eigenvalue weighted by molar-refractivity contribution is 0.0739. The van der Waals surface area contributed by atoms with E-state index in [1.807, 2.05) is 11.0 Å². The molecule has 7 heteroatoms. The van der Waals surface area contributed by atoms with Crippen LogP contribution in [0.25, 0.3) is 0 Å². The second-order valence-electron chi connectivity index (χ2n) is 7.33. The lowest BCUT2D eigenvalue weighted by Crippen LogP contribution is -2.34. The third-order valence-corrected chi connectivity index (χ3v) is 5.76. The van der Waals surface area contributed by atoms with Gasteiger partial charge in [-0.1, -0.05) is 5.16 Å². The highest BCUT2D eigenvalue weighted by molar-refractivity contribution is 5.93. The summed E-state index contributed by atoms with van der Waals surface area (Å²) in [5, 5.41) is 4.13. The normalized spacial score (nSPS) is 25.1. The molecule has 2 aromatic rings. The van der Waals surface area contributed by atoms with E-state index in [0.717, 1.165) is 69.1 Å². The second kappa shape index (κ2) is 5.82. The standard InChI is InChI=1S/C18H21N5O2/c24-17(16-14-4-1-2-5-15(14)21-25-16)22-8-12-10-23(11-13(12)9-22)18-19-6-3-7-20-18/h3,6-7,12-13H,1-2,4-5,8-11H2. The van der Waals surface area contributed by atoms with Crippen LogP contribution in [-0.4, -0.2) is 52.1 Å². The van der Waals surface area contributed by atoms with Gasteiger partial charge >= 0.3 is 0 Å². The summed E-state index contributed by atoms with van der Waals surface area (Å²) >= 11 is 0. The summed E-state index contributed by atoms with van der Waals surface area (Å²) < 4.78 is 5.43. The molecule has 5 rings (SSSR count). The first-order valence-electron chi connectivity index (χ1n) is 9.08. The van der Waals surface area contributed by atoms with Crippen LogP contribution in [-0.2, 0) is 12.8 Å². The van der Waals surface area contributed by atoms with Crippen LogP contribution in [0.15, 0.2) is 23.0 Å². The molecule has 1 aliphatic carbocycles. The monoisotopic (exact) mass is 339 g/mol. The molecular weight excluding hydrogens is 318 g/mol. The van der Waals surface area contributed by atoms with Crippen LogP contribution in [0.5, 0.6) is 0 Å². The third-order valence-electron chi connectivity index (χ3n) is 5.76. The lowest BCUT2D eigenvalue weighted by atomic mass is 9.96. The van der Waals surface area contributed by atoms with E-state index in [2.05, 4.69) is 20.0 Å². The molecule has 1 amide bonds. The third kappa shape index (κ3) is 2.49. The van der Waals surface area contributed by atoms with Crippen molar-refractivity contribution in [2.45, 2.75) is 25.7 Å². The van der Waals surface area contributed by atoms with Gasteiger partial charge in [0.2, 0.25) is 11.7 Å². The molecule has 2 saturated heterocycles. The minimum atomic E-state index is 0.0209. The first-order chi connectivity index (χ1) is 12.3. The molecule has 0 aromatic carbocycles. The molecule has 2 unspecified atom stereocenters. The van der Waals surface area contributed by atoms with Gasteiger partial charge in [0.25, 0.3) is 5.91 Å². The van der Waals surface area contributed by atoms with Gasteiger partial charge < -0.3 is 14.3 Å². The fraction of sp³-hybridized carbons (Fsp3) is 0.556. The molecule has 2 fully saturated rings. The second-order valence-corrected chi connectivity index (χ2v) is 7.33. The average Bonchev–Trinajstić information content (AvgIpc) is 3.34. The molecular formula is C18H21N5O2. The van der Waals surface area contributed by atoms with E-state index in [1.54, 1.807) is 12.4 Å². The fourth-order valence-electron chi connectivity index (χ4n) is 4.48. The quantitative estimate of drug-likeness (QED) is 0.826. The summed E-state index contributed by atoms with van der Waals surface area (Å²) in [6, 6.07) is 1.83. The maximum Gasteiger partial charge on any atom is 0.292 e. The predicted molar refractivity (Wildman–Crippen MR) is 90.3 cm³/mol. The molecule has 0 bridgehead atoms. The summed E-state index contributed by atoms with van der Waals surface area (Å²) in [7, 11) is 0. The number of hydrogen-bond acceptors (Lipinski definition) is 6. The van der Waals surface area contributed by atoms with Crippen molar-refractivity contribution in [3.05, 3.63) is 35.5 Å². The number of amides is 1. The highest BCUT2D eigenvalue weighted by atomic mass is 16.5. The van der Waals surface area contributed by atoms with Gasteiger partial charge in [0.1, 0.15) is 0 Å². The van der Waals surface area contributed by atoms with E-state index in [0.29, 0.717) is 17.6 Å². The number of aromatic nitrogens is 3. The Hall–Kier alpha value is -2.44. The van der Waals surface area contributed by atoms with E-state index >= 15 is 0 Å². The van der Waals surface area contributed by atoms with E-state index in [9.17, 15) is 4.79 Å². The van der Waals surface area contributed by atoms with Crippen molar-refractivity contribution in [2.24, 2.45) is 11.8 Å². The molecule has 3 aliphatic rings. The van der Waals surface area contributed by atoms with Crippen LogP contribution in [0.1, 0.15) is 34.7 Å². The maximum atomic E-state index is 12.9. The molecule has 7 nitrogen and oxygen atoms in total. The molecule has 25 heavy (non-hydrogen) atoms. The Morgan fingerprint density at radius 1 is 1.04 bits per heavy atom. The Bertz CT molecular complexity index is 776. The Labute approximate surface area is 146 Å². The molecule has 2 aromatic heterocycles. The van der Waals surface area contributed by atoms with Crippen LogP contribution in [0.3, 0.4) is 0 Å². The smallest absolute Gasteiger partial charge is 0.292 e. The molecule has 0 saturated carbocycles. The topological polar surface area (TPSA) is 75.4 Å². The van der Waals surface area contributed by atoms with Crippen LogP contribution < -0.4 is 4.90 Å². The zero-order valence-corrected chi connectivity index (χ0v) is 14.1. The van der Waals surface area contributed by atoms with Crippen LogP contribution in [0.4, 0.5) is 5.95 Å². The first kappa shape index (κ1) is 14.9. The van der Waals surface area contributed by atoms with Crippen molar-refractivity contribution in [1.29, 1.82) is 0 Å². The van der Waals surface area contributed by atoms with Gasteiger partial charge in [0, 0.05) is 56.0 Å². The number of fused-ring (bicyclic) bond motifs is 2. The number of aryl methyl sites for hydroxylation is 1. The molecule has 130 valence electrons. The summed E-state index contributed by atoms with van der Waals surface area (Å²) in [6.45, 7) is 3.38. The van der Waals surface area contributed by atoms with Gasteiger partial charge in [-0.15, -0.1) is 0 Å². The van der Waals surface area contributed by atoms with Gasteiger partial charge in [-0.05, 0) is 31.7 Å². The fourth-order valence-corrected chi connectivity index (χ4v) is 4.48. The number of hydrogen-bond donors (Lipinski definition) is 0.